The van der Waals surface area contributed by atoms with Crippen LogP contribution in [0.3, 0.4) is 0 Å². The molecule has 0 aromatic heterocycles. The van der Waals surface area contributed by atoms with Crippen molar-refractivity contribution >= 4 is 16.8 Å². The fraction of sp³-hybridized carbons (Fsp3) is 0.929. The fourth-order valence-electron chi connectivity index (χ4n) is 2.69. The van der Waals surface area contributed by atoms with Gasteiger partial charge in [0.05, 0.1) is 7.11 Å². The number of hydrogen-bond acceptors (Lipinski definition) is 5. The Morgan fingerprint density at radius 2 is 2.05 bits per heavy atom. The summed E-state index contributed by atoms with van der Waals surface area (Å²) in [6.07, 6.45) is 4.06. The maximum Gasteiger partial charge on any atom is 0.325 e. The summed E-state index contributed by atoms with van der Waals surface area (Å²) < 4.78 is 16.3. The van der Waals surface area contributed by atoms with Gasteiger partial charge in [0, 0.05) is 41.4 Å². The summed E-state index contributed by atoms with van der Waals surface area (Å²) in [4.78, 5) is 14.3. The SMILES string of the molecule is COC(=O)C(C)(CCCN1CCS(=O)CC1)NC1CC1. The summed E-state index contributed by atoms with van der Waals surface area (Å²) >= 11 is 0. The predicted molar refractivity (Wildman–Crippen MR) is 80.1 cm³/mol. The van der Waals surface area contributed by atoms with E-state index in [0.29, 0.717) is 6.04 Å². The molecule has 2 fully saturated rings. The lowest BCUT2D eigenvalue weighted by Gasteiger charge is -2.30. The zero-order chi connectivity index (χ0) is 14.6. The van der Waals surface area contributed by atoms with Crippen molar-refractivity contribution in [3.8, 4) is 0 Å². The van der Waals surface area contributed by atoms with E-state index in [0.717, 1.165) is 56.8 Å². The molecular formula is C14H26N2O3S. The van der Waals surface area contributed by atoms with E-state index in [-0.39, 0.29) is 5.97 Å². The van der Waals surface area contributed by atoms with Crippen LogP contribution < -0.4 is 5.32 Å². The Hall–Kier alpha value is -0.460. The van der Waals surface area contributed by atoms with Gasteiger partial charge in [0.2, 0.25) is 0 Å². The van der Waals surface area contributed by atoms with Crippen LogP contribution in [0.4, 0.5) is 0 Å². The van der Waals surface area contributed by atoms with Gasteiger partial charge in [-0.2, -0.15) is 0 Å². The van der Waals surface area contributed by atoms with Crippen LogP contribution in [0.2, 0.25) is 0 Å². The van der Waals surface area contributed by atoms with Gasteiger partial charge in [-0.3, -0.25) is 14.3 Å². The molecule has 1 aliphatic heterocycles. The molecule has 20 heavy (non-hydrogen) atoms. The molecule has 0 spiro atoms. The van der Waals surface area contributed by atoms with E-state index in [1.54, 1.807) is 0 Å². The largest absolute Gasteiger partial charge is 0.468 e. The normalized spacial score (nSPS) is 24.3. The van der Waals surface area contributed by atoms with Gasteiger partial charge in [0.15, 0.2) is 0 Å². The van der Waals surface area contributed by atoms with Crippen molar-refractivity contribution in [2.45, 2.75) is 44.2 Å². The van der Waals surface area contributed by atoms with E-state index in [9.17, 15) is 9.00 Å². The number of carbonyl (C=O) groups is 1. The number of carbonyl (C=O) groups excluding carboxylic acids is 1. The van der Waals surface area contributed by atoms with Gasteiger partial charge in [-0.25, -0.2) is 0 Å². The molecule has 1 N–H and O–H groups in total. The molecule has 2 aliphatic rings. The molecule has 0 radical (unpaired) electrons. The Morgan fingerprint density at radius 1 is 1.40 bits per heavy atom. The highest BCUT2D eigenvalue weighted by Gasteiger charge is 2.38. The summed E-state index contributed by atoms with van der Waals surface area (Å²) in [5.74, 6) is 1.41. The lowest BCUT2D eigenvalue weighted by molar-refractivity contribution is -0.148. The first-order valence-electron chi connectivity index (χ1n) is 7.47. The average molecular weight is 302 g/mol. The lowest BCUT2D eigenvalue weighted by Crippen LogP contribution is -2.51. The van der Waals surface area contributed by atoms with Crippen molar-refractivity contribution in [3.63, 3.8) is 0 Å². The number of methoxy groups -OCH3 is 1. The number of rotatable bonds is 7. The van der Waals surface area contributed by atoms with Gasteiger partial charge in [0.25, 0.3) is 0 Å². The van der Waals surface area contributed by atoms with Crippen molar-refractivity contribution < 1.29 is 13.7 Å². The zero-order valence-electron chi connectivity index (χ0n) is 12.5. The van der Waals surface area contributed by atoms with Crippen molar-refractivity contribution in [1.82, 2.24) is 10.2 Å². The molecule has 0 bridgehead atoms. The third-order valence-electron chi connectivity index (χ3n) is 4.16. The first-order valence-corrected chi connectivity index (χ1v) is 8.96. The topological polar surface area (TPSA) is 58.6 Å². The smallest absolute Gasteiger partial charge is 0.325 e. The minimum Gasteiger partial charge on any atom is -0.468 e. The van der Waals surface area contributed by atoms with E-state index < -0.39 is 16.3 Å². The number of ether oxygens (including phenoxy) is 1. The van der Waals surface area contributed by atoms with Gasteiger partial charge in [-0.05, 0) is 39.2 Å². The van der Waals surface area contributed by atoms with Crippen LogP contribution in [0.5, 0.6) is 0 Å². The number of esters is 1. The molecule has 1 unspecified atom stereocenters. The summed E-state index contributed by atoms with van der Waals surface area (Å²) in [6, 6.07) is 0.483. The maximum absolute atomic E-state index is 12.0. The second-order valence-electron chi connectivity index (χ2n) is 6.04. The molecule has 1 aliphatic carbocycles. The Labute approximate surface area is 123 Å². The second kappa shape index (κ2) is 7.00. The number of hydrogen-bond donors (Lipinski definition) is 1. The van der Waals surface area contributed by atoms with Crippen LogP contribution in [0.1, 0.15) is 32.6 Å². The van der Waals surface area contributed by atoms with Crippen LogP contribution in [0, 0.1) is 0 Å². The maximum atomic E-state index is 12.0. The van der Waals surface area contributed by atoms with E-state index in [2.05, 4.69) is 10.2 Å². The molecule has 1 saturated carbocycles. The van der Waals surface area contributed by atoms with Crippen molar-refractivity contribution in [2.75, 3.05) is 38.2 Å². The third-order valence-corrected chi connectivity index (χ3v) is 5.43. The van der Waals surface area contributed by atoms with Crippen molar-refractivity contribution in [2.24, 2.45) is 0 Å². The monoisotopic (exact) mass is 302 g/mol. The van der Waals surface area contributed by atoms with E-state index in [1.807, 2.05) is 6.92 Å². The van der Waals surface area contributed by atoms with Gasteiger partial charge in [-0.15, -0.1) is 0 Å². The molecule has 0 amide bonds. The molecule has 1 heterocycles. The molecule has 1 saturated heterocycles. The molecule has 6 heteroatoms. The standard InChI is InChI=1S/C14H26N2O3S/c1-14(13(17)19-2,15-12-4-5-12)6-3-7-16-8-10-20(18)11-9-16/h12,15H,3-11H2,1-2H3. The fourth-order valence-corrected chi connectivity index (χ4v) is 3.82. The molecule has 5 nitrogen and oxygen atoms in total. The summed E-state index contributed by atoms with van der Waals surface area (Å²) in [6.45, 7) is 4.74. The molecule has 2 rings (SSSR count). The van der Waals surface area contributed by atoms with E-state index >= 15 is 0 Å². The van der Waals surface area contributed by atoms with Crippen LogP contribution in [-0.2, 0) is 20.3 Å². The molecule has 1 atom stereocenters. The van der Waals surface area contributed by atoms with Gasteiger partial charge >= 0.3 is 5.97 Å². The van der Waals surface area contributed by atoms with Gasteiger partial charge in [-0.1, -0.05) is 0 Å². The van der Waals surface area contributed by atoms with E-state index in [4.69, 9.17) is 4.74 Å². The predicted octanol–water partition coefficient (Wildman–Crippen LogP) is 0.515. The van der Waals surface area contributed by atoms with Crippen LogP contribution in [0.15, 0.2) is 0 Å². The Morgan fingerprint density at radius 3 is 2.60 bits per heavy atom. The Bertz CT molecular complexity index is 363. The number of nitrogens with one attached hydrogen (secondary N) is 1. The minimum absolute atomic E-state index is 0.163. The average Bonchev–Trinajstić information content (AvgIpc) is 3.24. The molecular weight excluding hydrogens is 276 g/mol. The molecule has 0 aromatic carbocycles. The summed E-state index contributed by atoms with van der Waals surface area (Å²) in [5, 5.41) is 3.42. The van der Waals surface area contributed by atoms with E-state index in [1.165, 1.54) is 7.11 Å². The van der Waals surface area contributed by atoms with Crippen LogP contribution in [-0.4, -0.2) is 64.9 Å². The van der Waals surface area contributed by atoms with Gasteiger partial charge < -0.3 is 9.64 Å². The third kappa shape index (κ3) is 4.53. The van der Waals surface area contributed by atoms with Crippen molar-refractivity contribution in [3.05, 3.63) is 0 Å². The van der Waals surface area contributed by atoms with Crippen molar-refractivity contribution in [1.29, 1.82) is 0 Å². The lowest BCUT2D eigenvalue weighted by atomic mass is 9.95. The minimum atomic E-state index is -0.620. The summed E-state index contributed by atoms with van der Waals surface area (Å²) in [7, 11) is 0.834. The summed E-state index contributed by atoms with van der Waals surface area (Å²) in [5.41, 5.74) is -0.561. The quantitative estimate of drug-likeness (QED) is 0.695. The highest BCUT2D eigenvalue weighted by Crippen LogP contribution is 2.25. The highest BCUT2D eigenvalue weighted by molar-refractivity contribution is 7.85. The first-order chi connectivity index (χ1) is 9.53. The molecule has 0 aromatic rings. The van der Waals surface area contributed by atoms with Crippen LogP contribution in [0.25, 0.3) is 0 Å². The Kier molecular flexibility index (Phi) is 5.57. The first kappa shape index (κ1) is 15.9. The number of nitrogens with zero attached hydrogens (tertiary/aromatic N) is 1. The molecule has 116 valence electrons. The highest BCUT2D eigenvalue weighted by atomic mass is 32.2. The second-order valence-corrected chi connectivity index (χ2v) is 7.73. The Balaban J connectivity index is 1.76. The van der Waals surface area contributed by atoms with Gasteiger partial charge in [0.1, 0.15) is 5.54 Å². The van der Waals surface area contributed by atoms with Crippen LogP contribution >= 0.6 is 0 Å². The zero-order valence-corrected chi connectivity index (χ0v) is 13.3.